The first-order chi connectivity index (χ1) is 12.5. The minimum Gasteiger partial charge on any atom is -0.496 e. The first-order valence-corrected chi connectivity index (χ1v) is 8.86. The molecule has 0 aliphatic carbocycles. The number of hydrogen-bond donors (Lipinski definition) is 2. The van der Waals surface area contributed by atoms with Gasteiger partial charge in [0.1, 0.15) is 5.75 Å². The van der Waals surface area contributed by atoms with Crippen molar-refractivity contribution < 1.29 is 14.3 Å². The molecule has 0 bridgehead atoms. The molecule has 0 saturated heterocycles. The summed E-state index contributed by atoms with van der Waals surface area (Å²) < 4.78 is 6.08. The van der Waals surface area contributed by atoms with Crippen molar-refractivity contribution >= 4 is 51.2 Å². The zero-order chi connectivity index (χ0) is 18.9. The lowest BCUT2D eigenvalue weighted by Gasteiger charge is -2.06. The minimum atomic E-state index is -0.371. The lowest BCUT2D eigenvalue weighted by molar-refractivity contribution is -0.124. The summed E-state index contributed by atoms with van der Waals surface area (Å²) >= 11 is 9.33. The molecule has 0 spiro atoms. The van der Waals surface area contributed by atoms with E-state index in [2.05, 4.69) is 31.8 Å². The third-order valence-electron chi connectivity index (χ3n) is 3.31. The summed E-state index contributed by atoms with van der Waals surface area (Å²) in [4.78, 5) is 23.7. The van der Waals surface area contributed by atoms with Gasteiger partial charge in [0.05, 0.1) is 24.0 Å². The monoisotopic (exact) mass is 437 g/mol. The average Bonchev–Trinajstić information content (AvgIpc) is 2.62. The van der Waals surface area contributed by atoms with Gasteiger partial charge in [0.25, 0.3) is 0 Å². The molecule has 0 atom stereocenters. The Hall–Kier alpha value is -2.38. The van der Waals surface area contributed by atoms with Gasteiger partial charge in [-0.3, -0.25) is 9.59 Å². The summed E-state index contributed by atoms with van der Waals surface area (Å²) in [5.74, 6) is -0.0410. The summed E-state index contributed by atoms with van der Waals surface area (Å²) in [5, 5.41) is 6.99. The van der Waals surface area contributed by atoms with Gasteiger partial charge in [0.15, 0.2) is 0 Å². The SMILES string of the molecule is COc1ccc(Br)cc1C=NNC(=O)CCC(=O)Nc1ccccc1Cl. The van der Waals surface area contributed by atoms with Crippen molar-refractivity contribution in [3.63, 3.8) is 0 Å². The first kappa shape index (κ1) is 19.9. The molecular formula is C18H17BrClN3O3. The van der Waals surface area contributed by atoms with Crippen molar-refractivity contribution in [2.24, 2.45) is 5.10 Å². The molecule has 8 heteroatoms. The van der Waals surface area contributed by atoms with Crippen molar-refractivity contribution in [1.29, 1.82) is 0 Å². The number of halogens is 2. The number of nitrogens with zero attached hydrogens (tertiary/aromatic N) is 1. The van der Waals surface area contributed by atoms with Crippen LogP contribution in [0, 0.1) is 0 Å². The molecule has 136 valence electrons. The van der Waals surface area contributed by atoms with E-state index >= 15 is 0 Å². The zero-order valence-corrected chi connectivity index (χ0v) is 16.3. The van der Waals surface area contributed by atoms with Crippen molar-refractivity contribution in [3.8, 4) is 5.75 Å². The molecule has 2 aromatic rings. The second-order valence-corrected chi connectivity index (χ2v) is 6.53. The van der Waals surface area contributed by atoms with Crippen LogP contribution in [0.4, 0.5) is 5.69 Å². The van der Waals surface area contributed by atoms with Crippen LogP contribution in [0.2, 0.25) is 5.02 Å². The molecule has 0 aliphatic rings. The number of amides is 2. The molecule has 0 aliphatic heterocycles. The number of ether oxygens (including phenoxy) is 1. The van der Waals surface area contributed by atoms with Crippen molar-refractivity contribution in [1.82, 2.24) is 5.43 Å². The van der Waals surface area contributed by atoms with Crippen LogP contribution < -0.4 is 15.5 Å². The Balaban J connectivity index is 1.81. The molecule has 0 fully saturated rings. The van der Waals surface area contributed by atoms with Gasteiger partial charge in [-0.05, 0) is 30.3 Å². The van der Waals surface area contributed by atoms with Crippen LogP contribution in [0.5, 0.6) is 5.75 Å². The summed E-state index contributed by atoms with van der Waals surface area (Å²) in [6.45, 7) is 0. The van der Waals surface area contributed by atoms with E-state index in [-0.39, 0.29) is 24.7 Å². The smallest absolute Gasteiger partial charge is 0.240 e. The van der Waals surface area contributed by atoms with Crippen LogP contribution in [-0.4, -0.2) is 25.1 Å². The fraction of sp³-hybridized carbons (Fsp3) is 0.167. The second kappa shape index (κ2) is 9.94. The van der Waals surface area contributed by atoms with E-state index < -0.39 is 0 Å². The Morgan fingerprint density at radius 3 is 2.65 bits per heavy atom. The lowest BCUT2D eigenvalue weighted by atomic mass is 10.2. The maximum absolute atomic E-state index is 11.9. The number of para-hydroxylation sites is 1. The number of methoxy groups -OCH3 is 1. The Morgan fingerprint density at radius 1 is 1.19 bits per heavy atom. The largest absolute Gasteiger partial charge is 0.496 e. The molecule has 0 unspecified atom stereocenters. The molecular weight excluding hydrogens is 422 g/mol. The van der Waals surface area contributed by atoms with Gasteiger partial charge in [0.2, 0.25) is 11.8 Å². The number of nitrogens with one attached hydrogen (secondary N) is 2. The summed E-state index contributed by atoms with van der Waals surface area (Å²) in [7, 11) is 1.55. The van der Waals surface area contributed by atoms with E-state index in [4.69, 9.17) is 16.3 Å². The highest BCUT2D eigenvalue weighted by molar-refractivity contribution is 9.10. The van der Waals surface area contributed by atoms with E-state index in [0.717, 1.165) is 4.47 Å². The molecule has 2 rings (SSSR count). The summed E-state index contributed by atoms with van der Waals surface area (Å²) in [6, 6.07) is 12.3. The molecule has 0 saturated carbocycles. The van der Waals surface area contributed by atoms with Gasteiger partial charge in [-0.15, -0.1) is 0 Å². The highest BCUT2D eigenvalue weighted by atomic mass is 79.9. The Labute approximate surface area is 164 Å². The Morgan fingerprint density at radius 2 is 1.92 bits per heavy atom. The molecule has 0 radical (unpaired) electrons. The van der Waals surface area contributed by atoms with Gasteiger partial charge in [-0.2, -0.15) is 5.10 Å². The Bertz CT molecular complexity index is 827. The van der Waals surface area contributed by atoms with Gasteiger partial charge in [-0.25, -0.2) is 5.43 Å². The van der Waals surface area contributed by atoms with E-state index in [1.165, 1.54) is 6.21 Å². The molecule has 6 nitrogen and oxygen atoms in total. The van der Waals surface area contributed by atoms with Crippen LogP contribution in [0.25, 0.3) is 0 Å². The molecule has 2 N–H and O–H groups in total. The topological polar surface area (TPSA) is 79.8 Å². The minimum absolute atomic E-state index is 0.00322. The number of benzene rings is 2. The second-order valence-electron chi connectivity index (χ2n) is 5.21. The number of carbonyl (C=O) groups excluding carboxylic acids is 2. The van der Waals surface area contributed by atoms with Gasteiger partial charge in [0, 0.05) is 22.9 Å². The highest BCUT2D eigenvalue weighted by Gasteiger charge is 2.08. The van der Waals surface area contributed by atoms with E-state index in [1.807, 2.05) is 12.1 Å². The molecule has 2 aromatic carbocycles. The summed E-state index contributed by atoms with van der Waals surface area (Å²) in [6.07, 6.45) is 1.50. The van der Waals surface area contributed by atoms with Crippen LogP contribution in [-0.2, 0) is 9.59 Å². The average molecular weight is 439 g/mol. The maximum Gasteiger partial charge on any atom is 0.240 e. The number of hydrogen-bond acceptors (Lipinski definition) is 4. The standard InChI is InChI=1S/C18H17BrClN3O3/c1-26-16-7-6-13(19)10-12(16)11-21-23-18(25)9-8-17(24)22-15-5-3-2-4-14(15)20/h2-7,10-11H,8-9H2,1H3,(H,22,24)(H,23,25). The zero-order valence-electron chi connectivity index (χ0n) is 14.0. The van der Waals surface area contributed by atoms with E-state index in [0.29, 0.717) is 22.0 Å². The first-order valence-electron chi connectivity index (χ1n) is 7.69. The normalized spacial score (nSPS) is 10.6. The van der Waals surface area contributed by atoms with Crippen LogP contribution in [0.15, 0.2) is 52.0 Å². The molecule has 26 heavy (non-hydrogen) atoms. The highest BCUT2D eigenvalue weighted by Crippen LogP contribution is 2.21. The third kappa shape index (κ3) is 6.16. The van der Waals surface area contributed by atoms with Crippen LogP contribution >= 0.6 is 27.5 Å². The number of anilines is 1. The number of hydrazone groups is 1. The summed E-state index contributed by atoms with van der Waals surface area (Å²) in [5.41, 5.74) is 3.61. The number of rotatable bonds is 7. The van der Waals surface area contributed by atoms with Crippen molar-refractivity contribution in [2.45, 2.75) is 12.8 Å². The molecule has 2 amide bonds. The predicted molar refractivity (Wildman–Crippen MR) is 106 cm³/mol. The van der Waals surface area contributed by atoms with Crippen LogP contribution in [0.1, 0.15) is 18.4 Å². The lowest BCUT2D eigenvalue weighted by Crippen LogP contribution is -2.20. The quantitative estimate of drug-likeness (QED) is 0.507. The molecule has 0 aromatic heterocycles. The molecule has 0 heterocycles. The maximum atomic E-state index is 11.9. The van der Waals surface area contributed by atoms with Crippen molar-refractivity contribution in [3.05, 3.63) is 57.5 Å². The van der Waals surface area contributed by atoms with Crippen molar-refractivity contribution in [2.75, 3.05) is 12.4 Å². The van der Waals surface area contributed by atoms with E-state index in [9.17, 15) is 9.59 Å². The number of carbonyl (C=O) groups is 2. The predicted octanol–water partition coefficient (Wildman–Crippen LogP) is 3.98. The van der Waals surface area contributed by atoms with Crippen LogP contribution in [0.3, 0.4) is 0 Å². The van der Waals surface area contributed by atoms with Gasteiger partial charge in [-0.1, -0.05) is 39.7 Å². The fourth-order valence-corrected chi connectivity index (χ4v) is 2.60. The Kier molecular flexibility index (Phi) is 7.62. The van der Waals surface area contributed by atoms with Gasteiger partial charge >= 0.3 is 0 Å². The fourth-order valence-electron chi connectivity index (χ4n) is 2.04. The van der Waals surface area contributed by atoms with Gasteiger partial charge < -0.3 is 10.1 Å². The van der Waals surface area contributed by atoms with E-state index in [1.54, 1.807) is 37.4 Å². The third-order valence-corrected chi connectivity index (χ3v) is 4.13.